The van der Waals surface area contributed by atoms with E-state index in [0.29, 0.717) is 13.0 Å². The predicted octanol–water partition coefficient (Wildman–Crippen LogP) is 5.65. The molecule has 0 bridgehead atoms. The number of aliphatic hydroxyl groups is 1. The van der Waals surface area contributed by atoms with E-state index in [1.54, 1.807) is 55.8 Å². The normalized spacial score (nSPS) is 13.2. The van der Waals surface area contributed by atoms with Gasteiger partial charge in [-0.25, -0.2) is 19.2 Å². The number of aliphatic hydroxyl groups excluding tert-OH is 1. The van der Waals surface area contributed by atoms with E-state index in [9.17, 15) is 19.2 Å². The van der Waals surface area contributed by atoms with Crippen molar-refractivity contribution >= 4 is 24.1 Å². The average Bonchev–Trinajstić information content (AvgIpc) is 3.10. The molecule has 0 aromatic heterocycles. The van der Waals surface area contributed by atoms with Gasteiger partial charge >= 0.3 is 24.1 Å². The second kappa shape index (κ2) is 28.2. The molecule has 0 spiro atoms. The summed E-state index contributed by atoms with van der Waals surface area (Å²) in [5.74, 6) is -1.74. The summed E-state index contributed by atoms with van der Waals surface area (Å²) in [7, 11) is 3.23. The molecule has 2 amide bonds. The quantitative estimate of drug-likeness (QED) is 0.101. The minimum atomic E-state index is -1.17. The monoisotopic (exact) mass is 780 g/mol. The van der Waals surface area contributed by atoms with Crippen molar-refractivity contribution in [3.05, 3.63) is 71.8 Å². The van der Waals surface area contributed by atoms with Gasteiger partial charge in [0, 0.05) is 27.2 Å². The molecule has 0 saturated carbocycles. The predicted molar refractivity (Wildman–Crippen MR) is 206 cm³/mol. The zero-order valence-electron chi connectivity index (χ0n) is 34.1. The molecular formula is C40H64N2O13. The summed E-state index contributed by atoms with van der Waals surface area (Å²) < 4.78 is 36.3. The van der Waals surface area contributed by atoms with Crippen molar-refractivity contribution in [2.24, 2.45) is 0 Å². The van der Waals surface area contributed by atoms with Crippen LogP contribution in [-0.2, 0) is 56.0 Å². The summed E-state index contributed by atoms with van der Waals surface area (Å²) in [6, 6.07) is 16.8. The van der Waals surface area contributed by atoms with Gasteiger partial charge in [-0.15, -0.1) is 0 Å². The highest BCUT2D eigenvalue weighted by molar-refractivity contribution is 5.81. The fourth-order valence-electron chi connectivity index (χ4n) is 3.82. The summed E-state index contributed by atoms with van der Waals surface area (Å²) >= 11 is 0. The highest BCUT2D eigenvalue weighted by atomic mass is 16.6. The van der Waals surface area contributed by atoms with E-state index in [4.69, 9.17) is 43.4 Å². The third kappa shape index (κ3) is 28.8. The van der Waals surface area contributed by atoms with E-state index in [2.05, 4.69) is 10.6 Å². The maximum Gasteiger partial charge on any atom is 0.408 e. The molecule has 0 aliphatic carbocycles. The number of rotatable bonds is 19. The van der Waals surface area contributed by atoms with Crippen molar-refractivity contribution < 1.29 is 62.5 Å². The van der Waals surface area contributed by atoms with Gasteiger partial charge in [0.1, 0.15) is 11.2 Å². The van der Waals surface area contributed by atoms with Gasteiger partial charge in [0.2, 0.25) is 0 Å². The molecule has 2 aromatic rings. The molecule has 0 heterocycles. The van der Waals surface area contributed by atoms with Gasteiger partial charge in [-0.3, -0.25) is 0 Å². The van der Waals surface area contributed by atoms with Gasteiger partial charge in [0.15, 0.2) is 12.1 Å². The largest absolute Gasteiger partial charge is 0.480 e. The maximum atomic E-state index is 12.3. The first-order valence-electron chi connectivity index (χ1n) is 18.1. The number of hydrogen-bond acceptors (Lipinski definition) is 12. The van der Waals surface area contributed by atoms with E-state index < -0.39 is 47.4 Å². The van der Waals surface area contributed by atoms with E-state index >= 15 is 0 Å². The molecule has 4 atom stereocenters. The average molecular weight is 781 g/mol. The number of carbonyl (C=O) groups excluding carboxylic acids is 3. The summed E-state index contributed by atoms with van der Waals surface area (Å²) in [5, 5.41) is 22.1. The van der Waals surface area contributed by atoms with Crippen LogP contribution in [0.15, 0.2) is 60.7 Å². The molecule has 0 fully saturated rings. The Hall–Kier alpha value is -4.28. The summed E-state index contributed by atoms with van der Waals surface area (Å²) in [6.45, 7) is 15.0. The molecule has 0 unspecified atom stereocenters. The fraction of sp³-hybridized carbons (Fsp3) is 0.600. The van der Waals surface area contributed by atoms with Crippen molar-refractivity contribution in [1.29, 1.82) is 0 Å². The van der Waals surface area contributed by atoms with Gasteiger partial charge in [-0.1, -0.05) is 60.7 Å². The lowest BCUT2D eigenvalue weighted by Crippen LogP contribution is -2.47. The Morgan fingerprint density at radius 2 is 1.05 bits per heavy atom. The SMILES string of the molecule is CC(C)(C)OC(=O)N[C@@H](COCc1ccccc1)C(=O)O.CO[C@H](C)CCO.CO[C@H](C)CCOC(=O)[C@H](COCc1ccccc1)NC(=O)OC(C)(C)C. The lowest BCUT2D eigenvalue weighted by molar-refractivity contribution is -0.148. The highest BCUT2D eigenvalue weighted by Crippen LogP contribution is 2.09. The molecule has 0 saturated heterocycles. The zero-order chi connectivity index (χ0) is 41.9. The molecule has 312 valence electrons. The minimum Gasteiger partial charge on any atom is -0.480 e. The number of carbonyl (C=O) groups is 4. The number of nitrogens with one attached hydrogen (secondary N) is 2. The number of carboxylic acids is 1. The minimum absolute atomic E-state index is 0.0210. The van der Waals surface area contributed by atoms with Crippen molar-refractivity contribution in [2.45, 2.75) is 117 Å². The summed E-state index contributed by atoms with van der Waals surface area (Å²) in [6.07, 6.45) is -0.00593. The molecule has 0 radical (unpaired) electrons. The van der Waals surface area contributed by atoms with Crippen molar-refractivity contribution in [2.75, 3.05) is 40.6 Å². The van der Waals surface area contributed by atoms with Crippen molar-refractivity contribution in [1.82, 2.24) is 10.6 Å². The Bertz CT molecular complexity index is 1330. The van der Waals surface area contributed by atoms with Crippen LogP contribution >= 0.6 is 0 Å². The number of hydrogen-bond donors (Lipinski definition) is 4. The lowest BCUT2D eigenvalue weighted by Gasteiger charge is -2.23. The number of carboxylic acid groups (broad SMARTS) is 1. The summed E-state index contributed by atoms with van der Waals surface area (Å²) in [4.78, 5) is 47.0. The van der Waals surface area contributed by atoms with Gasteiger partial charge in [-0.05, 0) is 72.9 Å². The number of aliphatic carboxylic acids is 1. The number of esters is 1. The van der Waals surface area contributed by atoms with E-state index in [1.807, 2.05) is 74.5 Å². The van der Waals surface area contributed by atoms with Crippen LogP contribution < -0.4 is 10.6 Å². The van der Waals surface area contributed by atoms with Gasteiger partial charge < -0.3 is 54.0 Å². The second-order valence-electron chi connectivity index (χ2n) is 14.3. The third-order valence-electron chi connectivity index (χ3n) is 6.87. The topological polar surface area (TPSA) is 197 Å². The number of amides is 2. The van der Waals surface area contributed by atoms with Crippen molar-refractivity contribution in [3.63, 3.8) is 0 Å². The molecular weight excluding hydrogens is 716 g/mol. The first-order chi connectivity index (χ1) is 25.8. The second-order valence-corrected chi connectivity index (χ2v) is 14.3. The molecule has 15 heteroatoms. The van der Waals surface area contributed by atoms with Crippen LogP contribution in [-0.4, -0.2) is 110 Å². The smallest absolute Gasteiger partial charge is 0.408 e. The number of benzene rings is 2. The number of ether oxygens (including phenoxy) is 7. The first-order valence-corrected chi connectivity index (χ1v) is 18.1. The Balaban J connectivity index is 0.000000922. The zero-order valence-corrected chi connectivity index (χ0v) is 34.1. The molecule has 2 aromatic carbocycles. The highest BCUT2D eigenvalue weighted by Gasteiger charge is 2.26. The standard InChI is InChI=1S/C20H31NO6.C15H21NO5.C5H12O2/c1-15(24-5)11-12-26-18(22)17(21-19(23)27-20(2,3)4)14-25-13-16-9-7-6-8-10-16;1-15(2,3)21-14(19)16-12(13(17)18)10-20-9-11-7-5-4-6-8-11;1-5(7-2)3-4-6/h6-10,15,17H,11-14H2,1-5H3,(H,21,23);4-8,12H,9-10H2,1-3H3,(H,16,19)(H,17,18);5-6H,3-4H2,1-2H3/t15-,17+;12-;5-/m101/s1. The maximum absolute atomic E-state index is 12.3. The van der Waals surface area contributed by atoms with Gasteiger partial charge in [0.05, 0.1) is 45.2 Å². The van der Waals surface area contributed by atoms with Crippen LogP contribution in [0, 0.1) is 0 Å². The van der Waals surface area contributed by atoms with E-state index in [-0.39, 0.29) is 45.2 Å². The van der Waals surface area contributed by atoms with Crippen LogP contribution in [0.5, 0.6) is 0 Å². The van der Waals surface area contributed by atoms with Gasteiger partial charge in [0.25, 0.3) is 0 Å². The molecule has 0 aliphatic heterocycles. The van der Waals surface area contributed by atoms with Crippen LogP contribution in [0.4, 0.5) is 9.59 Å². The molecule has 55 heavy (non-hydrogen) atoms. The fourth-order valence-corrected chi connectivity index (χ4v) is 3.82. The number of methoxy groups -OCH3 is 2. The van der Waals surface area contributed by atoms with Crippen LogP contribution in [0.3, 0.4) is 0 Å². The molecule has 0 aliphatic rings. The van der Waals surface area contributed by atoms with Crippen LogP contribution in [0.1, 0.15) is 79.4 Å². The molecule has 4 N–H and O–H groups in total. The Morgan fingerprint density at radius 3 is 1.42 bits per heavy atom. The van der Waals surface area contributed by atoms with E-state index in [1.165, 1.54) is 0 Å². The Morgan fingerprint density at radius 1 is 0.655 bits per heavy atom. The lowest BCUT2D eigenvalue weighted by atomic mass is 10.2. The number of alkyl carbamates (subject to hydrolysis) is 2. The molecule has 15 nitrogen and oxygen atoms in total. The Kier molecular flexibility index (Phi) is 26.0. The van der Waals surface area contributed by atoms with E-state index in [0.717, 1.165) is 17.5 Å². The first kappa shape index (κ1) is 50.7. The third-order valence-corrected chi connectivity index (χ3v) is 6.87. The Labute approximate surface area is 326 Å². The van der Waals surface area contributed by atoms with Crippen molar-refractivity contribution in [3.8, 4) is 0 Å². The molecule has 2 rings (SSSR count). The van der Waals surface area contributed by atoms with Crippen LogP contribution in [0.2, 0.25) is 0 Å². The van der Waals surface area contributed by atoms with Gasteiger partial charge in [-0.2, -0.15) is 0 Å². The van der Waals surface area contributed by atoms with Crippen LogP contribution in [0.25, 0.3) is 0 Å². The summed E-state index contributed by atoms with van der Waals surface area (Å²) in [5.41, 5.74) is 0.546.